The van der Waals surface area contributed by atoms with Gasteiger partial charge in [-0.15, -0.1) is 0 Å². The van der Waals surface area contributed by atoms with E-state index in [1.165, 1.54) is 13.1 Å². The first-order valence-electron chi connectivity index (χ1n) is 9.98. The molecule has 0 unspecified atom stereocenters. The van der Waals surface area contributed by atoms with Gasteiger partial charge < -0.3 is 24.7 Å². The second-order valence-corrected chi connectivity index (χ2v) is 8.41. The van der Waals surface area contributed by atoms with Crippen LogP contribution in [0.5, 0.6) is 5.88 Å². The van der Waals surface area contributed by atoms with Crippen molar-refractivity contribution < 1.29 is 24.5 Å². The van der Waals surface area contributed by atoms with Gasteiger partial charge >= 0.3 is 0 Å². The van der Waals surface area contributed by atoms with Crippen LogP contribution < -0.4 is 4.74 Å². The molecule has 1 aliphatic heterocycles. The van der Waals surface area contributed by atoms with Crippen molar-refractivity contribution in [1.82, 2.24) is 14.8 Å². The molecule has 0 saturated heterocycles. The summed E-state index contributed by atoms with van der Waals surface area (Å²) in [4.78, 5) is 32.4. The molecular weight excluding hydrogens is 386 g/mol. The molecule has 3 atom stereocenters. The molecule has 0 bridgehead atoms. The van der Waals surface area contributed by atoms with Gasteiger partial charge in [0.05, 0.1) is 19.2 Å². The van der Waals surface area contributed by atoms with Crippen LogP contribution in [0.25, 0.3) is 0 Å². The highest BCUT2D eigenvalue weighted by molar-refractivity contribution is 5.97. The van der Waals surface area contributed by atoms with E-state index in [2.05, 4.69) is 16.8 Å². The van der Waals surface area contributed by atoms with Crippen LogP contribution in [-0.4, -0.2) is 81.3 Å². The van der Waals surface area contributed by atoms with Crippen molar-refractivity contribution in [2.75, 3.05) is 26.7 Å². The number of hydrogen-bond donors (Lipinski definition) is 2. The SMILES string of the molecule is CC(=O)N(C)C[C@H]1Oc2ncc(C#CC(C)(C)O)cc2C(=O)N([C@H](C)CO)C[C@H]1C. The van der Waals surface area contributed by atoms with Crippen molar-refractivity contribution in [3.05, 3.63) is 23.4 Å². The van der Waals surface area contributed by atoms with E-state index in [0.29, 0.717) is 18.7 Å². The second kappa shape index (κ2) is 9.45. The molecule has 0 fully saturated rings. The van der Waals surface area contributed by atoms with Crippen LogP contribution in [0.4, 0.5) is 0 Å². The monoisotopic (exact) mass is 417 g/mol. The molecule has 1 aromatic rings. The molecule has 0 spiro atoms. The minimum absolute atomic E-state index is 0.0880. The average Bonchev–Trinajstić information content (AvgIpc) is 2.67. The summed E-state index contributed by atoms with van der Waals surface area (Å²) in [5, 5.41) is 19.5. The smallest absolute Gasteiger partial charge is 0.259 e. The Morgan fingerprint density at radius 2 is 2.17 bits per heavy atom. The number of pyridine rings is 1. The summed E-state index contributed by atoms with van der Waals surface area (Å²) in [5.41, 5.74) is -0.476. The van der Waals surface area contributed by atoms with E-state index in [-0.39, 0.29) is 41.9 Å². The molecule has 1 aliphatic rings. The van der Waals surface area contributed by atoms with E-state index in [4.69, 9.17) is 4.74 Å². The largest absolute Gasteiger partial charge is 0.472 e. The van der Waals surface area contributed by atoms with Gasteiger partial charge in [0.2, 0.25) is 11.8 Å². The van der Waals surface area contributed by atoms with Crippen LogP contribution >= 0.6 is 0 Å². The summed E-state index contributed by atoms with van der Waals surface area (Å²) < 4.78 is 6.09. The van der Waals surface area contributed by atoms with Crippen LogP contribution in [-0.2, 0) is 4.79 Å². The van der Waals surface area contributed by atoms with Gasteiger partial charge in [0.1, 0.15) is 17.3 Å². The Kier molecular flexibility index (Phi) is 7.45. The zero-order valence-corrected chi connectivity index (χ0v) is 18.5. The third-order valence-corrected chi connectivity index (χ3v) is 5.03. The highest BCUT2D eigenvalue weighted by Crippen LogP contribution is 2.27. The van der Waals surface area contributed by atoms with Crippen molar-refractivity contribution in [3.63, 3.8) is 0 Å². The van der Waals surface area contributed by atoms with Crippen LogP contribution in [0.2, 0.25) is 0 Å². The van der Waals surface area contributed by atoms with E-state index in [0.717, 1.165) is 0 Å². The molecule has 2 N–H and O–H groups in total. The summed E-state index contributed by atoms with van der Waals surface area (Å²) >= 11 is 0. The molecule has 0 aliphatic carbocycles. The standard InChI is InChI=1S/C22H31N3O5/c1-14-11-25(15(2)13-26)21(28)18-9-17(7-8-22(4,5)29)10-23-20(18)30-19(14)12-24(6)16(3)27/h9-10,14-15,19,26,29H,11-13H2,1-6H3/t14-,15-,19-/m1/s1. The minimum Gasteiger partial charge on any atom is -0.472 e. The van der Waals surface area contributed by atoms with E-state index in [9.17, 15) is 19.8 Å². The van der Waals surface area contributed by atoms with Gasteiger partial charge in [-0.1, -0.05) is 18.8 Å². The molecule has 1 aromatic heterocycles. The van der Waals surface area contributed by atoms with Gasteiger partial charge in [0.15, 0.2) is 0 Å². The number of carbonyl (C=O) groups is 2. The van der Waals surface area contributed by atoms with E-state index in [1.54, 1.807) is 43.7 Å². The predicted octanol–water partition coefficient (Wildman–Crippen LogP) is 0.902. The Labute approximate surface area is 177 Å². The number of carbonyl (C=O) groups excluding carboxylic acids is 2. The summed E-state index contributed by atoms with van der Waals surface area (Å²) in [5.74, 6) is 5.19. The Morgan fingerprint density at radius 3 is 2.73 bits per heavy atom. The van der Waals surface area contributed by atoms with Crippen LogP contribution in [0, 0.1) is 17.8 Å². The van der Waals surface area contributed by atoms with Gasteiger partial charge in [0.25, 0.3) is 5.91 Å². The number of ether oxygens (including phenoxy) is 1. The van der Waals surface area contributed by atoms with Crippen molar-refractivity contribution in [2.24, 2.45) is 5.92 Å². The molecule has 30 heavy (non-hydrogen) atoms. The zero-order chi connectivity index (χ0) is 22.6. The Balaban J connectivity index is 2.51. The predicted molar refractivity (Wildman–Crippen MR) is 112 cm³/mol. The fourth-order valence-corrected chi connectivity index (χ4v) is 3.01. The Bertz CT molecular complexity index is 853. The number of likely N-dealkylation sites (N-methyl/N-ethyl adjacent to an activating group) is 1. The third-order valence-electron chi connectivity index (χ3n) is 5.03. The highest BCUT2D eigenvalue weighted by Gasteiger charge is 2.34. The van der Waals surface area contributed by atoms with Crippen molar-refractivity contribution >= 4 is 11.8 Å². The molecule has 0 aromatic carbocycles. The number of aliphatic hydroxyl groups excluding tert-OH is 1. The zero-order valence-electron chi connectivity index (χ0n) is 18.5. The number of amides is 2. The Morgan fingerprint density at radius 1 is 1.50 bits per heavy atom. The van der Waals surface area contributed by atoms with E-state index >= 15 is 0 Å². The second-order valence-electron chi connectivity index (χ2n) is 8.41. The lowest BCUT2D eigenvalue weighted by Gasteiger charge is -2.37. The molecule has 2 amide bonds. The number of fused-ring (bicyclic) bond motifs is 1. The molecule has 8 heteroatoms. The first-order chi connectivity index (χ1) is 13.9. The van der Waals surface area contributed by atoms with Gasteiger partial charge in [-0.25, -0.2) is 4.98 Å². The normalized spacial score (nSPS) is 20.1. The van der Waals surface area contributed by atoms with E-state index in [1.807, 2.05) is 6.92 Å². The highest BCUT2D eigenvalue weighted by atomic mass is 16.5. The summed E-state index contributed by atoms with van der Waals surface area (Å²) in [7, 11) is 1.69. The maximum absolute atomic E-state index is 13.3. The Hall–Kier alpha value is -2.63. The molecule has 2 heterocycles. The fourth-order valence-electron chi connectivity index (χ4n) is 3.01. The van der Waals surface area contributed by atoms with Gasteiger partial charge in [-0.2, -0.15) is 0 Å². The number of hydrogen-bond acceptors (Lipinski definition) is 6. The molecule has 2 rings (SSSR count). The third kappa shape index (κ3) is 5.94. The summed E-state index contributed by atoms with van der Waals surface area (Å²) in [6, 6.07) is 1.19. The first-order valence-corrected chi connectivity index (χ1v) is 9.98. The van der Waals surface area contributed by atoms with Crippen molar-refractivity contribution in [1.29, 1.82) is 0 Å². The molecular formula is C22H31N3O5. The number of rotatable bonds is 4. The lowest BCUT2D eigenvalue weighted by molar-refractivity contribution is -0.129. The van der Waals surface area contributed by atoms with Gasteiger partial charge in [-0.3, -0.25) is 9.59 Å². The van der Waals surface area contributed by atoms with Crippen LogP contribution in [0.15, 0.2) is 12.3 Å². The molecule has 0 saturated carbocycles. The van der Waals surface area contributed by atoms with Crippen LogP contribution in [0.3, 0.4) is 0 Å². The van der Waals surface area contributed by atoms with E-state index < -0.39 is 11.6 Å². The van der Waals surface area contributed by atoms with Crippen molar-refractivity contribution in [2.45, 2.75) is 52.4 Å². The fraction of sp³-hybridized carbons (Fsp3) is 0.591. The molecule has 164 valence electrons. The molecule has 0 radical (unpaired) electrons. The van der Waals surface area contributed by atoms with Gasteiger partial charge in [-0.05, 0) is 26.8 Å². The minimum atomic E-state index is -1.18. The maximum Gasteiger partial charge on any atom is 0.259 e. The average molecular weight is 418 g/mol. The summed E-state index contributed by atoms with van der Waals surface area (Å²) in [6.45, 7) is 8.85. The number of nitrogens with zero attached hydrogens (tertiary/aromatic N) is 3. The van der Waals surface area contributed by atoms with Crippen molar-refractivity contribution in [3.8, 4) is 17.7 Å². The number of aliphatic hydroxyl groups is 2. The molecule has 8 nitrogen and oxygen atoms in total. The topological polar surface area (TPSA) is 103 Å². The lowest BCUT2D eigenvalue weighted by atomic mass is 10.00. The van der Waals surface area contributed by atoms with Crippen LogP contribution in [0.1, 0.15) is 50.5 Å². The summed E-state index contributed by atoms with van der Waals surface area (Å²) in [6.07, 6.45) is 1.10. The lowest BCUT2D eigenvalue weighted by Crippen LogP contribution is -2.50. The maximum atomic E-state index is 13.3. The first kappa shape index (κ1) is 23.6. The number of aromatic nitrogens is 1. The quantitative estimate of drug-likeness (QED) is 0.706. The van der Waals surface area contributed by atoms with Gasteiger partial charge in [0, 0.05) is 38.2 Å².